The van der Waals surface area contributed by atoms with Crippen LogP contribution < -0.4 is 5.73 Å². The molecule has 4 aromatic carbocycles. The number of hydrogen-bond acceptors (Lipinski definition) is 2. The molecule has 0 saturated heterocycles. The molecule has 0 spiro atoms. The quantitative estimate of drug-likeness (QED) is 0.315. The molecule has 2 N–H and O–H groups in total. The van der Waals surface area contributed by atoms with E-state index in [1.165, 1.54) is 22.3 Å². The molecule has 0 heterocycles. The normalized spacial score (nSPS) is 10.6. The van der Waals surface area contributed by atoms with E-state index in [9.17, 15) is 0 Å². The van der Waals surface area contributed by atoms with Gasteiger partial charge in [0.05, 0.1) is 12.1 Å². The molecule has 0 aromatic heterocycles. The van der Waals surface area contributed by atoms with Crippen molar-refractivity contribution in [2.45, 2.75) is 12.1 Å². The van der Waals surface area contributed by atoms with Gasteiger partial charge in [0, 0.05) is 13.1 Å². The molecule has 0 bridgehead atoms. The molecule has 166 valence electrons. The number of hydrogen-bond donors (Lipinski definition) is 1. The van der Waals surface area contributed by atoms with Crippen molar-refractivity contribution in [2.75, 3.05) is 13.1 Å². The van der Waals surface area contributed by atoms with Crippen molar-refractivity contribution in [3.8, 4) is 0 Å². The first-order chi connectivity index (χ1) is 14.9. The number of nitrogens with zero attached hydrogens (tertiary/aromatic N) is 1. The molecular weight excluding hydrogens is 435 g/mol. The lowest BCUT2D eigenvalue weighted by Crippen LogP contribution is -2.38. The van der Waals surface area contributed by atoms with E-state index in [1.807, 2.05) is 0 Å². The van der Waals surface area contributed by atoms with Gasteiger partial charge in [0.1, 0.15) is 0 Å². The van der Waals surface area contributed by atoms with E-state index in [1.54, 1.807) is 0 Å². The Kier molecular flexibility index (Phi) is 10.5. The number of benzene rings is 4. The summed E-state index contributed by atoms with van der Waals surface area (Å²) in [4.78, 5) is 2.54. The monoisotopic (exact) mass is 464 g/mol. The molecule has 0 atom stereocenters. The lowest BCUT2D eigenvalue weighted by atomic mass is 9.90. The van der Waals surface area contributed by atoms with E-state index in [-0.39, 0.29) is 36.9 Å². The first-order valence-corrected chi connectivity index (χ1v) is 10.5. The Labute approximate surface area is 203 Å². The first-order valence-electron chi connectivity index (χ1n) is 10.5. The minimum atomic E-state index is 0. The van der Waals surface area contributed by atoms with Crippen LogP contribution in [-0.2, 0) is 0 Å². The Morgan fingerprint density at radius 2 is 0.719 bits per heavy atom. The maximum atomic E-state index is 6.18. The number of rotatable bonds is 8. The molecule has 4 heteroatoms. The highest BCUT2D eigenvalue weighted by atomic mass is 35.5. The lowest BCUT2D eigenvalue weighted by molar-refractivity contribution is 0.185. The van der Waals surface area contributed by atoms with Gasteiger partial charge in [-0.15, -0.1) is 24.8 Å². The maximum absolute atomic E-state index is 6.18. The zero-order valence-corrected chi connectivity index (χ0v) is 19.6. The fraction of sp³-hybridized carbons (Fsp3) is 0.143. The zero-order valence-electron chi connectivity index (χ0n) is 18.0. The van der Waals surface area contributed by atoms with Crippen LogP contribution in [0, 0.1) is 0 Å². The van der Waals surface area contributed by atoms with Gasteiger partial charge in [-0.25, -0.2) is 0 Å². The Morgan fingerprint density at radius 1 is 0.469 bits per heavy atom. The van der Waals surface area contributed by atoms with Crippen LogP contribution in [0.15, 0.2) is 121 Å². The van der Waals surface area contributed by atoms with Gasteiger partial charge in [-0.1, -0.05) is 121 Å². The highest BCUT2D eigenvalue weighted by molar-refractivity contribution is 5.85. The second-order valence-electron chi connectivity index (χ2n) is 7.47. The SMILES string of the molecule is Cl.Cl.NCCN(C(c1ccccc1)c1ccccc1)C(c1ccccc1)c1ccccc1. The van der Waals surface area contributed by atoms with Gasteiger partial charge in [-0.2, -0.15) is 0 Å². The average Bonchev–Trinajstić information content (AvgIpc) is 2.82. The third-order valence-corrected chi connectivity index (χ3v) is 5.51. The molecule has 0 saturated carbocycles. The summed E-state index contributed by atoms with van der Waals surface area (Å²) in [5, 5.41) is 0. The summed E-state index contributed by atoms with van der Waals surface area (Å²) >= 11 is 0. The summed E-state index contributed by atoms with van der Waals surface area (Å²) in [5.74, 6) is 0. The van der Waals surface area contributed by atoms with Crippen LogP contribution in [0.2, 0.25) is 0 Å². The summed E-state index contributed by atoms with van der Waals surface area (Å²) in [6.45, 7) is 1.37. The van der Waals surface area contributed by atoms with Crippen molar-refractivity contribution in [1.29, 1.82) is 0 Å². The Bertz CT molecular complexity index is 850. The molecule has 0 aliphatic rings. The Hall–Kier alpha value is -2.62. The van der Waals surface area contributed by atoms with E-state index in [0.29, 0.717) is 6.54 Å². The Morgan fingerprint density at radius 3 is 0.938 bits per heavy atom. The van der Waals surface area contributed by atoms with Gasteiger partial charge in [-0.3, -0.25) is 4.90 Å². The van der Waals surface area contributed by atoms with Crippen LogP contribution in [0.1, 0.15) is 34.3 Å². The number of nitrogens with two attached hydrogens (primary N) is 1. The zero-order chi connectivity index (χ0) is 20.6. The minimum Gasteiger partial charge on any atom is -0.329 e. The van der Waals surface area contributed by atoms with Gasteiger partial charge in [0.15, 0.2) is 0 Å². The standard InChI is InChI=1S/C28H28N2.2ClH/c29-21-22-30(27(23-13-5-1-6-14-23)24-15-7-2-8-16-24)28(25-17-9-3-10-18-25)26-19-11-4-12-20-26;;/h1-20,27-28H,21-22,29H2;2*1H. The fourth-order valence-electron chi connectivity index (χ4n) is 4.25. The first kappa shape index (κ1) is 25.6. The lowest BCUT2D eigenvalue weighted by Gasteiger charge is -2.39. The van der Waals surface area contributed by atoms with Crippen molar-refractivity contribution < 1.29 is 0 Å². The number of halogens is 2. The second kappa shape index (κ2) is 13.0. The average molecular weight is 465 g/mol. The molecular formula is C28H30Cl2N2. The van der Waals surface area contributed by atoms with Crippen LogP contribution >= 0.6 is 24.8 Å². The van der Waals surface area contributed by atoms with Crippen molar-refractivity contribution >= 4 is 24.8 Å². The highest BCUT2D eigenvalue weighted by Crippen LogP contribution is 2.38. The van der Waals surface area contributed by atoms with E-state index in [2.05, 4.69) is 126 Å². The topological polar surface area (TPSA) is 29.3 Å². The van der Waals surface area contributed by atoms with Crippen molar-refractivity contribution in [3.63, 3.8) is 0 Å². The molecule has 0 radical (unpaired) electrons. The van der Waals surface area contributed by atoms with Gasteiger partial charge in [0.25, 0.3) is 0 Å². The van der Waals surface area contributed by atoms with Crippen molar-refractivity contribution in [3.05, 3.63) is 144 Å². The minimum absolute atomic E-state index is 0. The van der Waals surface area contributed by atoms with Gasteiger partial charge >= 0.3 is 0 Å². The van der Waals surface area contributed by atoms with Crippen molar-refractivity contribution in [2.24, 2.45) is 5.73 Å². The molecule has 2 nitrogen and oxygen atoms in total. The molecule has 0 aliphatic carbocycles. The third kappa shape index (κ3) is 5.99. The summed E-state index contributed by atoms with van der Waals surface area (Å²) < 4.78 is 0. The van der Waals surface area contributed by atoms with Gasteiger partial charge < -0.3 is 5.73 Å². The molecule has 0 aliphatic heterocycles. The third-order valence-electron chi connectivity index (χ3n) is 5.51. The van der Waals surface area contributed by atoms with E-state index >= 15 is 0 Å². The van der Waals surface area contributed by atoms with Gasteiger partial charge in [-0.05, 0) is 22.3 Å². The van der Waals surface area contributed by atoms with Gasteiger partial charge in [0.2, 0.25) is 0 Å². The van der Waals surface area contributed by atoms with Crippen LogP contribution in [0.4, 0.5) is 0 Å². The second-order valence-corrected chi connectivity index (χ2v) is 7.47. The summed E-state index contributed by atoms with van der Waals surface area (Å²) in [6.07, 6.45) is 0. The molecule has 0 unspecified atom stereocenters. The predicted molar refractivity (Wildman–Crippen MR) is 140 cm³/mol. The predicted octanol–water partition coefficient (Wildman–Crippen LogP) is 6.67. The molecule has 32 heavy (non-hydrogen) atoms. The molecule has 0 fully saturated rings. The molecule has 4 rings (SSSR count). The fourth-order valence-corrected chi connectivity index (χ4v) is 4.25. The van der Waals surface area contributed by atoms with Crippen LogP contribution in [0.5, 0.6) is 0 Å². The highest BCUT2D eigenvalue weighted by Gasteiger charge is 2.30. The van der Waals surface area contributed by atoms with E-state index in [4.69, 9.17) is 5.73 Å². The van der Waals surface area contributed by atoms with Crippen LogP contribution in [0.3, 0.4) is 0 Å². The summed E-state index contributed by atoms with van der Waals surface area (Å²) in [5.41, 5.74) is 11.3. The smallest absolute Gasteiger partial charge is 0.0610 e. The summed E-state index contributed by atoms with van der Waals surface area (Å²) in [7, 11) is 0. The Balaban J connectivity index is 0.00000181. The van der Waals surface area contributed by atoms with E-state index in [0.717, 1.165) is 6.54 Å². The molecule has 4 aromatic rings. The van der Waals surface area contributed by atoms with Crippen LogP contribution in [0.25, 0.3) is 0 Å². The summed E-state index contributed by atoms with van der Waals surface area (Å²) in [6, 6.07) is 43.2. The largest absolute Gasteiger partial charge is 0.329 e. The molecule has 0 amide bonds. The maximum Gasteiger partial charge on any atom is 0.0610 e. The van der Waals surface area contributed by atoms with E-state index < -0.39 is 0 Å². The van der Waals surface area contributed by atoms with Crippen LogP contribution in [-0.4, -0.2) is 18.0 Å². The van der Waals surface area contributed by atoms with Crippen molar-refractivity contribution in [1.82, 2.24) is 4.90 Å².